The molecular formula is C25H30N6O. The van der Waals surface area contributed by atoms with Crippen LogP contribution in [-0.4, -0.2) is 53.0 Å². The zero-order chi connectivity index (χ0) is 22.7. The molecule has 1 aromatic heterocycles. The van der Waals surface area contributed by atoms with E-state index in [1.807, 2.05) is 37.3 Å². The molecule has 0 atom stereocenters. The maximum Gasteiger partial charge on any atom is 0.255 e. The van der Waals surface area contributed by atoms with Crippen molar-refractivity contribution >= 4 is 23.2 Å². The standard InChI is InChI=1S/C25H30N6O/c1-17(2)30-10-12-31(13-11-30)22-8-6-21(7-9-22)29-24(32)19-5-4-18(3)23(14-19)20-15-27-25(26)28-16-20/h4-9,14-17H,10-13H2,1-3H3,(H,29,32)(H2,26,27,28). The first-order valence-corrected chi connectivity index (χ1v) is 11.0. The summed E-state index contributed by atoms with van der Waals surface area (Å²) in [6.45, 7) is 10.7. The van der Waals surface area contributed by atoms with Gasteiger partial charge in [0, 0.05) is 67.1 Å². The van der Waals surface area contributed by atoms with Crippen LogP contribution in [0.2, 0.25) is 0 Å². The lowest BCUT2D eigenvalue weighted by Gasteiger charge is -2.38. The Morgan fingerprint density at radius 1 is 1.00 bits per heavy atom. The Bertz CT molecular complexity index is 1070. The van der Waals surface area contributed by atoms with Gasteiger partial charge in [0.25, 0.3) is 5.91 Å². The van der Waals surface area contributed by atoms with E-state index in [0.29, 0.717) is 11.6 Å². The molecule has 2 aromatic carbocycles. The summed E-state index contributed by atoms with van der Waals surface area (Å²) in [5, 5.41) is 3.00. The van der Waals surface area contributed by atoms with E-state index in [1.54, 1.807) is 12.4 Å². The fraction of sp³-hybridized carbons (Fsp3) is 0.320. The molecule has 3 N–H and O–H groups in total. The van der Waals surface area contributed by atoms with Gasteiger partial charge in [-0.05, 0) is 68.3 Å². The van der Waals surface area contributed by atoms with E-state index in [2.05, 4.69) is 51.1 Å². The van der Waals surface area contributed by atoms with Crippen LogP contribution >= 0.6 is 0 Å². The molecule has 0 saturated carbocycles. The van der Waals surface area contributed by atoms with Gasteiger partial charge in [0.05, 0.1) is 0 Å². The van der Waals surface area contributed by atoms with Crippen molar-refractivity contribution in [3.05, 3.63) is 66.0 Å². The van der Waals surface area contributed by atoms with Crippen molar-refractivity contribution in [3.63, 3.8) is 0 Å². The van der Waals surface area contributed by atoms with Crippen LogP contribution in [0.5, 0.6) is 0 Å². The van der Waals surface area contributed by atoms with Crippen molar-refractivity contribution in [2.75, 3.05) is 42.1 Å². The normalized spacial score (nSPS) is 14.6. The molecule has 166 valence electrons. The quantitative estimate of drug-likeness (QED) is 0.640. The Morgan fingerprint density at radius 2 is 1.66 bits per heavy atom. The van der Waals surface area contributed by atoms with Gasteiger partial charge in [-0.1, -0.05) is 6.07 Å². The maximum absolute atomic E-state index is 12.9. The van der Waals surface area contributed by atoms with Gasteiger partial charge in [-0.25, -0.2) is 9.97 Å². The smallest absolute Gasteiger partial charge is 0.255 e. The number of benzene rings is 2. The molecule has 1 fully saturated rings. The molecule has 0 radical (unpaired) electrons. The number of carbonyl (C=O) groups excluding carboxylic acids is 1. The Kier molecular flexibility index (Phi) is 6.37. The highest BCUT2D eigenvalue weighted by Crippen LogP contribution is 2.25. The van der Waals surface area contributed by atoms with Crippen LogP contribution in [0.25, 0.3) is 11.1 Å². The molecule has 1 amide bonds. The molecular weight excluding hydrogens is 400 g/mol. The van der Waals surface area contributed by atoms with Gasteiger partial charge >= 0.3 is 0 Å². The summed E-state index contributed by atoms with van der Waals surface area (Å²) in [4.78, 5) is 25.9. The first kappa shape index (κ1) is 21.8. The predicted molar refractivity (Wildman–Crippen MR) is 130 cm³/mol. The molecule has 0 aliphatic carbocycles. The zero-order valence-corrected chi connectivity index (χ0v) is 18.9. The minimum atomic E-state index is -0.152. The first-order chi connectivity index (χ1) is 15.4. The van der Waals surface area contributed by atoms with Gasteiger partial charge in [0.2, 0.25) is 5.95 Å². The topological polar surface area (TPSA) is 87.4 Å². The third kappa shape index (κ3) is 4.89. The monoisotopic (exact) mass is 430 g/mol. The number of nitrogens with two attached hydrogens (primary N) is 1. The third-order valence-electron chi connectivity index (χ3n) is 6.02. The second-order valence-corrected chi connectivity index (χ2v) is 8.48. The minimum Gasteiger partial charge on any atom is -0.369 e. The number of piperazine rings is 1. The summed E-state index contributed by atoms with van der Waals surface area (Å²) >= 11 is 0. The fourth-order valence-electron chi connectivity index (χ4n) is 4.01. The third-order valence-corrected chi connectivity index (χ3v) is 6.02. The number of anilines is 3. The molecule has 7 nitrogen and oxygen atoms in total. The number of aryl methyl sites for hydroxylation is 1. The van der Waals surface area contributed by atoms with E-state index < -0.39 is 0 Å². The number of aromatic nitrogens is 2. The molecule has 0 spiro atoms. The Morgan fingerprint density at radius 3 is 2.28 bits per heavy atom. The Hall–Kier alpha value is -3.45. The van der Waals surface area contributed by atoms with Crippen molar-refractivity contribution in [1.29, 1.82) is 0 Å². The second kappa shape index (κ2) is 9.36. The van der Waals surface area contributed by atoms with Crippen molar-refractivity contribution in [2.24, 2.45) is 0 Å². The molecule has 1 aliphatic rings. The molecule has 0 unspecified atom stereocenters. The Labute approximate surface area is 189 Å². The molecule has 32 heavy (non-hydrogen) atoms. The van der Waals surface area contributed by atoms with E-state index in [9.17, 15) is 4.79 Å². The van der Waals surface area contributed by atoms with Crippen molar-refractivity contribution in [1.82, 2.24) is 14.9 Å². The van der Waals surface area contributed by atoms with Crippen LogP contribution in [0, 0.1) is 6.92 Å². The minimum absolute atomic E-state index is 0.152. The van der Waals surface area contributed by atoms with Gasteiger partial charge in [-0.2, -0.15) is 0 Å². The summed E-state index contributed by atoms with van der Waals surface area (Å²) in [7, 11) is 0. The summed E-state index contributed by atoms with van der Waals surface area (Å²) in [6, 6.07) is 14.3. The number of amides is 1. The predicted octanol–water partition coefficient (Wildman–Crippen LogP) is 3.82. The summed E-state index contributed by atoms with van der Waals surface area (Å²) in [5.74, 6) is 0.0754. The number of nitrogens with one attached hydrogen (secondary N) is 1. The molecule has 0 bridgehead atoms. The highest BCUT2D eigenvalue weighted by Gasteiger charge is 2.19. The largest absolute Gasteiger partial charge is 0.369 e. The van der Waals surface area contributed by atoms with Gasteiger partial charge in [0.1, 0.15) is 0 Å². The van der Waals surface area contributed by atoms with Crippen LogP contribution in [0.4, 0.5) is 17.3 Å². The van der Waals surface area contributed by atoms with Crippen LogP contribution in [0.15, 0.2) is 54.9 Å². The number of hydrogen-bond acceptors (Lipinski definition) is 6. The molecule has 1 saturated heterocycles. The van der Waals surface area contributed by atoms with Gasteiger partial charge in [-0.15, -0.1) is 0 Å². The number of hydrogen-bond donors (Lipinski definition) is 2. The lowest BCUT2D eigenvalue weighted by molar-refractivity contribution is 0.102. The van der Waals surface area contributed by atoms with Crippen molar-refractivity contribution in [3.8, 4) is 11.1 Å². The summed E-state index contributed by atoms with van der Waals surface area (Å²) < 4.78 is 0. The first-order valence-electron chi connectivity index (χ1n) is 11.0. The van der Waals surface area contributed by atoms with Crippen LogP contribution in [0.1, 0.15) is 29.8 Å². The molecule has 4 rings (SSSR count). The number of rotatable bonds is 5. The maximum atomic E-state index is 12.9. The van der Waals surface area contributed by atoms with E-state index in [1.165, 1.54) is 5.69 Å². The van der Waals surface area contributed by atoms with E-state index in [0.717, 1.165) is 48.6 Å². The van der Waals surface area contributed by atoms with Crippen molar-refractivity contribution in [2.45, 2.75) is 26.8 Å². The zero-order valence-electron chi connectivity index (χ0n) is 18.9. The van der Waals surface area contributed by atoms with E-state index in [4.69, 9.17) is 5.73 Å². The Balaban J connectivity index is 1.43. The fourth-order valence-corrected chi connectivity index (χ4v) is 4.01. The summed E-state index contributed by atoms with van der Waals surface area (Å²) in [5.41, 5.74) is 10.9. The van der Waals surface area contributed by atoms with E-state index in [-0.39, 0.29) is 11.9 Å². The van der Waals surface area contributed by atoms with Gasteiger partial charge in [0.15, 0.2) is 0 Å². The molecule has 2 heterocycles. The highest BCUT2D eigenvalue weighted by molar-refractivity contribution is 6.05. The summed E-state index contributed by atoms with van der Waals surface area (Å²) in [6.07, 6.45) is 3.35. The second-order valence-electron chi connectivity index (χ2n) is 8.48. The highest BCUT2D eigenvalue weighted by atomic mass is 16.1. The van der Waals surface area contributed by atoms with Gasteiger partial charge in [-0.3, -0.25) is 9.69 Å². The molecule has 7 heteroatoms. The number of carbonyl (C=O) groups is 1. The molecule has 3 aromatic rings. The number of nitrogens with zero attached hydrogens (tertiary/aromatic N) is 4. The van der Waals surface area contributed by atoms with Crippen LogP contribution in [0.3, 0.4) is 0 Å². The number of nitrogen functional groups attached to an aromatic ring is 1. The molecule has 1 aliphatic heterocycles. The lowest BCUT2D eigenvalue weighted by atomic mass is 10.00. The van der Waals surface area contributed by atoms with E-state index >= 15 is 0 Å². The van der Waals surface area contributed by atoms with Gasteiger partial charge < -0.3 is 16.0 Å². The van der Waals surface area contributed by atoms with Crippen LogP contribution < -0.4 is 16.0 Å². The average Bonchev–Trinajstić information content (AvgIpc) is 2.80. The van der Waals surface area contributed by atoms with Crippen molar-refractivity contribution < 1.29 is 4.79 Å². The lowest BCUT2D eigenvalue weighted by Crippen LogP contribution is -2.48. The van der Waals surface area contributed by atoms with Crippen LogP contribution in [-0.2, 0) is 0 Å². The SMILES string of the molecule is Cc1ccc(C(=O)Nc2ccc(N3CCN(C(C)C)CC3)cc2)cc1-c1cnc(N)nc1. The average molecular weight is 431 g/mol.